The lowest BCUT2D eigenvalue weighted by Crippen LogP contribution is -2.13. The number of aromatic nitrogens is 2. The van der Waals surface area contributed by atoms with Crippen molar-refractivity contribution in [1.29, 1.82) is 0 Å². The number of rotatable bonds is 5. The van der Waals surface area contributed by atoms with Gasteiger partial charge in [-0.15, -0.1) is 0 Å². The molecule has 0 aliphatic carbocycles. The molecule has 0 saturated heterocycles. The summed E-state index contributed by atoms with van der Waals surface area (Å²) >= 11 is 12.0. The Balaban J connectivity index is 2.12. The first kappa shape index (κ1) is 16.1. The SMILES string of the molecule is Cc1nccn1CCOc1c(Cl)cc(S(N)(=O)=O)cc1Cl. The summed E-state index contributed by atoms with van der Waals surface area (Å²) in [6, 6.07) is 2.42. The minimum atomic E-state index is -3.86. The number of nitrogens with zero attached hydrogens (tertiary/aromatic N) is 2. The van der Waals surface area contributed by atoms with E-state index < -0.39 is 10.0 Å². The van der Waals surface area contributed by atoms with Crippen molar-refractivity contribution in [3.8, 4) is 5.75 Å². The van der Waals surface area contributed by atoms with E-state index in [9.17, 15) is 8.42 Å². The maximum atomic E-state index is 11.3. The van der Waals surface area contributed by atoms with E-state index in [1.807, 2.05) is 17.7 Å². The van der Waals surface area contributed by atoms with Crippen molar-refractivity contribution in [1.82, 2.24) is 9.55 Å². The number of aryl methyl sites for hydroxylation is 1. The van der Waals surface area contributed by atoms with Crippen LogP contribution in [-0.4, -0.2) is 24.6 Å². The Labute approximate surface area is 132 Å². The topological polar surface area (TPSA) is 87.2 Å². The molecule has 1 aromatic carbocycles. The van der Waals surface area contributed by atoms with Crippen molar-refractivity contribution in [2.75, 3.05) is 6.61 Å². The van der Waals surface area contributed by atoms with Crippen LogP contribution in [-0.2, 0) is 16.6 Å². The second-order valence-electron chi connectivity index (χ2n) is 4.28. The molecule has 0 saturated carbocycles. The van der Waals surface area contributed by atoms with Gasteiger partial charge in [-0.3, -0.25) is 0 Å². The van der Waals surface area contributed by atoms with Crippen molar-refractivity contribution in [3.05, 3.63) is 40.4 Å². The molecule has 2 rings (SSSR count). The third-order valence-corrected chi connectivity index (χ3v) is 4.26. The summed E-state index contributed by atoms with van der Waals surface area (Å²) in [4.78, 5) is 3.93. The third-order valence-electron chi connectivity index (χ3n) is 2.80. The molecule has 0 spiro atoms. The third kappa shape index (κ3) is 3.88. The highest BCUT2D eigenvalue weighted by Gasteiger charge is 2.15. The monoisotopic (exact) mass is 349 g/mol. The van der Waals surface area contributed by atoms with E-state index in [1.54, 1.807) is 6.20 Å². The molecule has 1 heterocycles. The van der Waals surface area contributed by atoms with Crippen LogP contribution in [0.5, 0.6) is 5.75 Å². The number of halogens is 2. The van der Waals surface area contributed by atoms with E-state index in [-0.39, 0.29) is 20.7 Å². The minimum absolute atomic E-state index is 0.0916. The first-order valence-electron chi connectivity index (χ1n) is 5.91. The van der Waals surface area contributed by atoms with Gasteiger partial charge in [0.05, 0.1) is 21.5 Å². The van der Waals surface area contributed by atoms with Crippen molar-refractivity contribution in [2.24, 2.45) is 5.14 Å². The Bertz CT molecular complexity index is 736. The zero-order valence-corrected chi connectivity index (χ0v) is 13.4. The van der Waals surface area contributed by atoms with Gasteiger partial charge < -0.3 is 9.30 Å². The van der Waals surface area contributed by atoms with Crippen LogP contribution in [0.15, 0.2) is 29.4 Å². The van der Waals surface area contributed by atoms with Crippen LogP contribution in [0.1, 0.15) is 5.82 Å². The quantitative estimate of drug-likeness (QED) is 0.896. The molecule has 0 atom stereocenters. The molecule has 0 unspecified atom stereocenters. The van der Waals surface area contributed by atoms with Crippen LogP contribution in [0.25, 0.3) is 0 Å². The van der Waals surface area contributed by atoms with Crippen LogP contribution in [0.4, 0.5) is 0 Å². The molecule has 0 bridgehead atoms. The van der Waals surface area contributed by atoms with Crippen molar-refractivity contribution >= 4 is 33.2 Å². The molecule has 2 aromatic rings. The van der Waals surface area contributed by atoms with Crippen LogP contribution >= 0.6 is 23.2 Å². The summed E-state index contributed by atoms with van der Waals surface area (Å²) in [5, 5.41) is 5.21. The molecule has 21 heavy (non-hydrogen) atoms. The molecule has 9 heteroatoms. The number of imidazole rings is 1. The van der Waals surface area contributed by atoms with Gasteiger partial charge in [0.15, 0.2) is 5.75 Å². The van der Waals surface area contributed by atoms with Gasteiger partial charge in [0.1, 0.15) is 12.4 Å². The lowest BCUT2D eigenvalue weighted by atomic mass is 10.3. The fraction of sp³-hybridized carbons (Fsp3) is 0.250. The van der Waals surface area contributed by atoms with Crippen LogP contribution < -0.4 is 9.88 Å². The van der Waals surface area contributed by atoms with Crippen molar-refractivity contribution in [3.63, 3.8) is 0 Å². The summed E-state index contributed by atoms with van der Waals surface area (Å²) < 4.78 is 29.9. The van der Waals surface area contributed by atoms with Gasteiger partial charge in [-0.1, -0.05) is 23.2 Å². The van der Waals surface area contributed by atoms with Gasteiger partial charge in [-0.25, -0.2) is 18.5 Å². The predicted molar refractivity (Wildman–Crippen MR) is 80.3 cm³/mol. The van der Waals surface area contributed by atoms with E-state index in [4.69, 9.17) is 33.1 Å². The van der Waals surface area contributed by atoms with Crippen LogP contribution in [0, 0.1) is 6.92 Å². The van der Waals surface area contributed by atoms with E-state index in [0.717, 1.165) is 5.82 Å². The van der Waals surface area contributed by atoms with E-state index in [1.165, 1.54) is 12.1 Å². The summed E-state index contributed by atoms with van der Waals surface area (Å²) in [6.07, 6.45) is 3.52. The molecule has 0 aliphatic rings. The molecule has 0 radical (unpaired) electrons. The Hall–Kier alpha value is -1.28. The smallest absolute Gasteiger partial charge is 0.238 e. The van der Waals surface area contributed by atoms with Crippen molar-refractivity contribution < 1.29 is 13.2 Å². The highest BCUT2D eigenvalue weighted by atomic mass is 35.5. The van der Waals surface area contributed by atoms with E-state index >= 15 is 0 Å². The van der Waals surface area contributed by atoms with Crippen LogP contribution in [0.3, 0.4) is 0 Å². The Morgan fingerprint density at radius 3 is 2.43 bits per heavy atom. The Kier molecular flexibility index (Phi) is 4.77. The lowest BCUT2D eigenvalue weighted by Gasteiger charge is -2.12. The second-order valence-corrected chi connectivity index (χ2v) is 6.65. The molecule has 0 aliphatic heterocycles. The average molecular weight is 350 g/mol. The number of sulfonamides is 1. The predicted octanol–water partition coefficient (Wildman–Crippen LogP) is 2.22. The molecular weight excluding hydrogens is 337 g/mol. The molecular formula is C12H13Cl2N3O3S. The summed E-state index contributed by atoms with van der Waals surface area (Å²) in [6.45, 7) is 2.75. The number of benzene rings is 1. The van der Waals surface area contributed by atoms with Gasteiger partial charge in [0.2, 0.25) is 10.0 Å². The Morgan fingerprint density at radius 1 is 1.33 bits per heavy atom. The van der Waals surface area contributed by atoms with Crippen LogP contribution in [0.2, 0.25) is 10.0 Å². The fourth-order valence-electron chi connectivity index (χ4n) is 1.72. The van der Waals surface area contributed by atoms with Gasteiger partial charge in [0.25, 0.3) is 0 Å². The highest BCUT2D eigenvalue weighted by Crippen LogP contribution is 2.35. The number of ether oxygens (including phenoxy) is 1. The maximum Gasteiger partial charge on any atom is 0.238 e. The molecule has 6 nitrogen and oxygen atoms in total. The highest BCUT2D eigenvalue weighted by molar-refractivity contribution is 7.89. The zero-order valence-electron chi connectivity index (χ0n) is 11.1. The number of hydrogen-bond donors (Lipinski definition) is 1. The first-order chi connectivity index (χ1) is 9.79. The minimum Gasteiger partial charge on any atom is -0.489 e. The van der Waals surface area contributed by atoms with E-state index in [0.29, 0.717) is 13.2 Å². The molecule has 114 valence electrons. The number of hydrogen-bond acceptors (Lipinski definition) is 4. The largest absolute Gasteiger partial charge is 0.489 e. The fourth-order valence-corrected chi connectivity index (χ4v) is 3.01. The second kappa shape index (κ2) is 6.23. The number of primary sulfonamides is 1. The zero-order chi connectivity index (χ0) is 15.6. The molecule has 1 aromatic heterocycles. The maximum absolute atomic E-state index is 11.3. The van der Waals surface area contributed by atoms with Gasteiger partial charge in [-0.05, 0) is 19.1 Å². The van der Waals surface area contributed by atoms with Gasteiger partial charge in [-0.2, -0.15) is 0 Å². The lowest BCUT2D eigenvalue weighted by molar-refractivity contribution is 0.297. The van der Waals surface area contributed by atoms with E-state index in [2.05, 4.69) is 4.98 Å². The van der Waals surface area contributed by atoms with Crippen molar-refractivity contribution in [2.45, 2.75) is 18.4 Å². The summed E-state index contributed by atoms with van der Waals surface area (Å²) in [7, 11) is -3.86. The molecule has 0 fully saturated rings. The molecule has 0 amide bonds. The van der Waals surface area contributed by atoms with Gasteiger partial charge >= 0.3 is 0 Å². The average Bonchev–Trinajstić information content (AvgIpc) is 2.77. The Morgan fingerprint density at radius 2 is 1.95 bits per heavy atom. The summed E-state index contributed by atoms with van der Waals surface area (Å²) in [5.41, 5.74) is 0. The molecule has 2 N–H and O–H groups in total. The first-order valence-corrected chi connectivity index (χ1v) is 8.21. The normalized spacial score (nSPS) is 11.6. The van der Waals surface area contributed by atoms with Gasteiger partial charge in [0, 0.05) is 12.4 Å². The number of nitrogens with two attached hydrogens (primary N) is 1. The standard InChI is InChI=1S/C12H13Cl2N3O3S/c1-8-16-2-3-17(8)4-5-20-12-10(13)6-9(7-11(12)14)21(15,18)19/h2-3,6-7H,4-5H2,1H3,(H2,15,18,19). The summed E-state index contributed by atoms with van der Waals surface area (Å²) in [5.74, 6) is 1.09.